The largest absolute Gasteiger partial charge is 0.396 e. The van der Waals surface area contributed by atoms with E-state index in [1.165, 1.54) is 0 Å². The maximum absolute atomic E-state index is 13.0. The van der Waals surface area contributed by atoms with Crippen LogP contribution in [0.4, 0.5) is 0 Å². The minimum absolute atomic E-state index is 0.0132. The van der Waals surface area contributed by atoms with Crippen LogP contribution in [0.3, 0.4) is 0 Å². The lowest BCUT2D eigenvalue weighted by molar-refractivity contribution is 0.0666. The van der Waals surface area contributed by atoms with Crippen LogP contribution < -0.4 is 0 Å². The summed E-state index contributed by atoms with van der Waals surface area (Å²) in [5.74, 6) is 0.0248. The van der Waals surface area contributed by atoms with Gasteiger partial charge in [0.15, 0.2) is 0 Å². The number of likely N-dealkylation sites (tertiary alicyclic amines) is 2. The van der Waals surface area contributed by atoms with Crippen molar-refractivity contribution >= 4 is 11.8 Å². The third kappa shape index (κ3) is 2.90. The lowest BCUT2D eigenvalue weighted by Gasteiger charge is -2.27. The van der Waals surface area contributed by atoms with E-state index in [-0.39, 0.29) is 24.3 Å². The number of aliphatic hydroxyl groups excluding tert-OH is 1. The van der Waals surface area contributed by atoms with Gasteiger partial charge in [-0.2, -0.15) is 5.10 Å². The molecule has 148 valence electrons. The van der Waals surface area contributed by atoms with Crippen LogP contribution in [-0.4, -0.2) is 69.3 Å². The molecule has 0 bridgehead atoms. The second-order valence-corrected chi connectivity index (χ2v) is 7.91. The predicted molar refractivity (Wildman–Crippen MR) is 104 cm³/mol. The Morgan fingerprint density at radius 2 is 1.79 bits per heavy atom. The van der Waals surface area contributed by atoms with E-state index in [0.717, 1.165) is 12.2 Å². The Labute approximate surface area is 164 Å². The molecule has 7 nitrogen and oxygen atoms in total. The first-order valence-corrected chi connectivity index (χ1v) is 9.76. The number of amides is 2. The average Bonchev–Trinajstić information content (AvgIpc) is 3.37. The van der Waals surface area contributed by atoms with Crippen molar-refractivity contribution in [1.82, 2.24) is 19.6 Å². The highest BCUT2D eigenvalue weighted by Gasteiger charge is 2.54. The predicted octanol–water partition coefficient (Wildman–Crippen LogP) is 1.42. The molecular formula is C21H26N4O3. The number of aliphatic hydroxyl groups is 1. The summed E-state index contributed by atoms with van der Waals surface area (Å²) in [6.07, 6.45) is 1.63. The molecule has 2 aromatic rings. The van der Waals surface area contributed by atoms with Crippen LogP contribution in [0, 0.1) is 18.3 Å². The van der Waals surface area contributed by atoms with Crippen molar-refractivity contribution in [1.29, 1.82) is 0 Å². The minimum Gasteiger partial charge on any atom is -0.396 e. The molecule has 2 fully saturated rings. The average molecular weight is 382 g/mol. The Kier molecular flexibility index (Phi) is 4.71. The molecule has 0 saturated carbocycles. The molecule has 7 heteroatoms. The van der Waals surface area contributed by atoms with Crippen molar-refractivity contribution in [2.45, 2.75) is 20.4 Å². The van der Waals surface area contributed by atoms with E-state index in [0.29, 0.717) is 37.3 Å². The SMILES string of the molecule is CCn1ncc(C(=O)N2C[C@H]3CN(C(=O)c4ccccc4)C[C@@]3(CO)C2)c1C. The van der Waals surface area contributed by atoms with E-state index >= 15 is 0 Å². The number of hydrogen-bond acceptors (Lipinski definition) is 4. The quantitative estimate of drug-likeness (QED) is 0.867. The molecular weight excluding hydrogens is 356 g/mol. The number of hydrogen-bond donors (Lipinski definition) is 1. The zero-order valence-corrected chi connectivity index (χ0v) is 16.3. The highest BCUT2D eigenvalue weighted by atomic mass is 16.3. The van der Waals surface area contributed by atoms with Gasteiger partial charge in [-0.05, 0) is 26.0 Å². The number of carbonyl (C=O) groups excluding carboxylic acids is 2. The van der Waals surface area contributed by atoms with Crippen molar-refractivity contribution < 1.29 is 14.7 Å². The number of fused-ring (bicyclic) bond motifs is 1. The summed E-state index contributed by atoms with van der Waals surface area (Å²) in [7, 11) is 0. The Hall–Kier alpha value is -2.67. The van der Waals surface area contributed by atoms with Crippen LogP contribution in [-0.2, 0) is 6.54 Å². The fourth-order valence-corrected chi connectivity index (χ4v) is 4.62. The number of benzene rings is 1. The second-order valence-electron chi connectivity index (χ2n) is 7.91. The van der Waals surface area contributed by atoms with Gasteiger partial charge in [-0.3, -0.25) is 14.3 Å². The van der Waals surface area contributed by atoms with Crippen LogP contribution >= 0.6 is 0 Å². The van der Waals surface area contributed by atoms with Gasteiger partial charge in [-0.25, -0.2) is 0 Å². The Bertz CT molecular complexity index is 894. The third-order valence-corrected chi connectivity index (χ3v) is 6.30. The van der Waals surface area contributed by atoms with Gasteiger partial charge in [0.1, 0.15) is 0 Å². The van der Waals surface area contributed by atoms with E-state index in [2.05, 4.69) is 5.10 Å². The molecule has 2 saturated heterocycles. The maximum atomic E-state index is 13.0. The molecule has 0 unspecified atom stereocenters. The first-order chi connectivity index (χ1) is 13.5. The van der Waals surface area contributed by atoms with Crippen LogP contribution in [0.25, 0.3) is 0 Å². The van der Waals surface area contributed by atoms with Crippen molar-refractivity contribution in [3.8, 4) is 0 Å². The Balaban J connectivity index is 1.50. The van der Waals surface area contributed by atoms with Crippen molar-refractivity contribution in [3.05, 3.63) is 53.3 Å². The van der Waals surface area contributed by atoms with Crippen LogP contribution in [0.1, 0.15) is 33.3 Å². The van der Waals surface area contributed by atoms with Crippen LogP contribution in [0.5, 0.6) is 0 Å². The fraction of sp³-hybridized carbons (Fsp3) is 0.476. The molecule has 4 rings (SSSR count). The standard InChI is InChI=1S/C21H26N4O3/c1-3-25-15(2)18(9-22-25)20(28)24-11-17-10-23(12-21(17,13-24)14-26)19(27)16-7-5-4-6-8-16/h4-9,17,26H,3,10-14H2,1-2H3/t17-,21+/m1/s1. The van der Waals surface area contributed by atoms with Gasteiger partial charge in [0.2, 0.25) is 0 Å². The van der Waals surface area contributed by atoms with Crippen molar-refractivity contribution in [3.63, 3.8) is 0 Å². The molecule has 1 N–H and O–H groups in total. The summed E-state index contributed by atoms with van der Waals surface area (Å²) in [6, 6.07) is 9.21. The Morgan fingerprint density at radius 3 is 2.32 bits per heavy atom. The molecule has 2 atom stereocenters. The van der Waals surface area contributed by atoms with Gasteiger partial charge in [-0.1, -0.05) is 18.2 Å². The molecule has 2 amide bonds. The fourth-order valence-electron chi connectivity index (χ4n) is 4.62. The molecule has 2 aliphatic heterocycles. The lowest BCUT2D eigenvalue weighted by atomic mass is 9.82. The summed E-state index contributed by atoms with van der Waals surface area (Å²) < 4.78 is 1.81. The summed E-state index contributed by atoms with van der Waals surface area (Å²) >= 11 is 0. The zero-order chi connectivity index (χ0) is 19.9. The number of aromatic nitrogens is 2. The van der Waals surface area contributed by atoms with Gasteiger partial charge in [0, 0.05) is 55.3 Å². The minimum atomic E-state index is -0.450. The number of rotatable bonds is 4. The van der Waals surface area contributed by atoms with Gasteiger partial charge in [0.25, 0.3) is 11.8 Å². The highest BCUT2D eigenvalue weighted by molar-refractivity contribution is 5.96. The third-order valence-electron chi connectivity index (χ3n) is 6.30. The summed E-state index contributed by atoms with van der Waals surface area (Å²) in [4.78, 5) is 29.5. The smallest absolute Gasteiger partial charge is 0.257 e. The van der Waals surface area contributed by atoms with E-state index in [1.807, 2.05) is 58.7 Å². The normalized spacial score (nSPS) is 23.9. The monoisotopic (exact) mass is 382 g/mol. The first-order valence-electron chi connectivity index (χ1n) is 9.76. The molecule has 2 aliphatic rings. The number of carbonyl (C=O) groups is 2. The first kappa shape index (κ1) is 18.7. The second kappa shape index (κ2) is 7.05. The summed E-state index contributed by atoms with van der Waals surface area (Å²) in [5, 5.41) is 14.4. The van der Waals surface area contributed by atoms with E-state index < -0.39 is 5.41 Å². The van der Waals surface area contributed by atoms with Crippen LogP contribution in [0.15, 0.2) is 36.5 Å². The molecule has 1 aromatic heterocycles. The number of nitrogens with zero attached hydrogens (tertiary/aromatic N) is 4. The van der Waals surface area contributed by atoms with Crippen LogP contribution in [0.2, 0.25) is 0 Å². The Morgan fingerprint density at radius 1 is 1.14 bits per heavy atom. The van der Waals surface area contributed by atoms with Gasteiger partial charge >= 0.3 is 0 Å². The summed E-state index contributed by atoms with van der Waals surface area (Å²) in [5.41, 5.74) is 1.69. The zero-order valence-electron chi connectivity index (χ0n) is 16.3. The number of aryl methyl sites for hydroxylation is 1. The van der Waals surface area contributed by atoms with E-state index in [1.54, 1.807) is 6.20 Å². The molecule has 0 radical (unpaired) electrons. The van der Waals surface area contributed by atoms with E-state index in [4.69, 9.17) is 0 Å². The molecule has 1 aromatic carbocycles. The molecule has 3 heterocycles. The lowest BCUT2D eigenvalue weighted by Crippen LogP contribution is -2.40. The molecule has 0 spiro atoms. The van der Waals surface area contributed by atoms with E-state index in [9.17, 15) is 14.7 Å². The van der Waals surface area contributed by atoms with Gasteiger partial charge in [-0.15, -0.1) is 0 Å². The van der Waals surface area contributed by atoms with Gasteiger partial charge in [0.05, 0.1) is 18.4 Å². The highest BCUT2D eigenvalue weighted by Crippen LogP contribution is 2.43. The molecule has 0 aliphatic carbocycles. The maximum Gasteiger partial charge on any atom is 0.257 e. The van der Waals surface area contributed by atoms with Crippen molar-refractivity contribution in [2.24, 2.45) is 11.3 Å². The summed E-state index contributed by atoms with van der Waals surface area (Å²) in [6.45, 7) is 6.63. The topological polar surface area (TPSA) is 78.7 Å². The van der Waals surface area contributed by atoms with Crippen molar-refractivity contribution in [2.75, 3.05) is 32.8 Å². The van der Waals surface area contributed by atoms with Gasteiger partial charge < -0.3 is 14.9 Å². The molecule has 28 heavy (non-hydrogen) atoms.